The molecule has 0 aromatic carbocycles. The van der Waals surface area contributed by atoms with E-state index in [9.17, 15) is 0 Å². The highest BCUT2D eigenvalue weighted by atomic mass is 14.4. The van der Waals surface area contributed by atoms with Crippen molar-refractivity contribution in [2.24, 2.45) is 17.8 Å². The minimum absolute atomic E-state index is 0.676. The molecule has 66 valence electrons. The molecule has 0 heteroatoms. The van der Waals surface area contributed by atoms with Crippen molar-refractivity contribution in [3.05, 3.63) is 23.8 Å². The second-order valence-corrected chi connectivity index (χ2v) is 4.60. The summed E-state index contributed by atoms with van der Waals surface area (Å²) >= 11 is 0. The van der Waals surface area contributed by atoms with E-state index in [0.717, 1.165) is 11.8 Å². The van der Waals surface area contributed by atoms with Crippen molar-refractivity contribution in [3.8, 4) is 0 Å². The summed E-state index contributed by atoms with van der Waals surface area (Å²) in [7, 11) is 0. The Bertz CT molecular complexity index is 232. The lowest BCUT2D eigenvalue weighted by Crippen LogP contribution is -2.13. The Labute approximate surface area is 75.4 Å². The van der Waals surface area contributed by atoms with Crippen molar-refractivity contribution >= 4 is 0 Å². The smallest absolute Gasteiger partial charge is 0.0132 e. The minimum atomic E-state index is 0.676. The predicted octanol–water partition coefficient (Wildman–Crippen LogP) is 3.55. The SMILES string of the molecule is C=C(C(C)C)C1CC2=CCC1C2. The maximum atomic E-state index is 4.23. The van der Waals surface area contributed by atoms with E-state index < -0.39 is 0 Å². The lowest BCUT2D eigenvalue weighted by atomic mass is 9.81. The summed E-state index contributed by atoms with van der Waals surface area (Å²) in [6.07, 6.45) is 6.46. The van der Waals surface area contributed by atoms with Crippen LogP contribution in [0.2, 0.25) is 0 Å². The van der Waals surface area contributed by atoms with Crippen LogP contribution in [-0.4, -0.2) is 0 Å². The molecule has 1 fully saturated rings. The van der Waals surface area contributed by atoms with Crippen LogP contribution < -0.4 is 0 Å². The van der Waals surface area contributed by atoms with Crippen LogP contribution in [0.25, 0.3) is 0 Å². The number of allylic oxidation sites excluding steroid dienone is 3. The Morgan fingerprint density at radius 1 is 1.50 bits per heavy atom. The number of hydrogen-bond donors (Lipinski definition) is 0. The molecule has 1 saturated carbocycles. The van der Waals surface area contributed by atoms with E-state index in [0.29, 0.717) is 5.92 Å². The summed E-state index contributed by atoms with van der Waals surface area (Å²) in [5.41, 5.74) is 3.19. The Morgan fingerprint density at radius 3 is 2.67 bits per heavy atom. The third-order valence-electron chi connectivity index (χ3n) is 3.50. The Kier molecular flexibility index (Phi) is 1.86. The van der Waals surface area contributed by atoms with Gasteiger partial charge < -0.3 is 0 Å². The van der Waals surface area contributed by atoms with E-state index in [1.54, 1.807) is 5.57 Å². The van der Waals surface area contributed by atoms with Gasteiger partial charge in [0.1, 0.15) is 0 Å². The maximum Gasteiger partial charge on any atom is -0.0132 e. The molecule has 2 bridgehead atoms. The molecule has 12 heavy (non-hydrogen) atoms. The van der Waals surface area contributed by atoms with E-state index in [1.807, 2.05) is 0 Å². The minimum Gasteiger partial charge on any atom is -0.0993 e. The standard InChI is InChI=1S/C12H18/c1-8(2)9(3)12-7-10-4-5-11(12)6-10/h4,8,11-12H,3,5-7H2,1-2H3. The molecule has 0 N–H and O–H groups in total. The van der Waals surface area contributed by atoms with Crippen molar-refractivity contribution in [3.63, 3.8) is 0 Å². The second kappa shape index (κ2) is 2.76. The van der Waals surface area contributed by atoms with E-state index >= 15 is 0 Å². The molecule has 0 aromatic rings. The van der Waals surface area contributed by atoms with E-state index in [-0.39, 0.29) is 0 Å². The average molecular weight is 162 g/mol. The van der Waals surface area contributed by atoms with Gasteiger partial charge in [0.05, 0.1) is 0 Å². The summed E-state index contributed by atoms with van der Waals surface area (Å²) in [4.78, 5) is 0. The topological polar surface area (TPSA) is 0 Å². The summed E-state index contributed by atoms with van der Waals surface area (Å²) in [5, 5.41) is 0. The Morgan fingerprint density at radius 2 is 2.25 bits per heavy atom. The molecule has 0 radical (unpaired) electrons. The van der Waals surface area contributed by atoms with E-state index in [2.05, 4.69) is 26.5 Å². The zero-order valence-electron chi connectivity index (χ0n) is 8.14. The number of hydrogen-bond acceptors (Lipinski definition) is 0. The Hall–Kier alpha value is -0.520. The summed E-state index contributed by atoms with van der Waals surface area (Å²) in [6.45, 7) is 8.76. The number of fused-ring (bicyclic) bond motifs is 2. The van der Waals surface area contributed by atoms with Crippen molar-refractivity contribution in [2.45, 2.75) is 33.1 Å². The van der Waals surface area contributed by atoms with Gasteiger partial charge >= 0.3 is 0 Å². The van der Waals surface area contributed by atoms with Crippen molar-refractivity contribution < 1.29 is 0 Å². The Balaban J connectivity index is 2.08. The van der Waals surface area contributed by atoms with Crippen LogP contribution in [0.4, 0.5) is 0 Å². The van der Waals surface area contributed by atoms with Crippen LogP contribution in [0.3, 0.4) is 0 Å². The van der Waals surface area contributed by atoms with Gasteiger partial charge in [-0.1, -0.05) is 37.6 Å². The van der Waals surface area contributed by atoms with Gasteiger partial charge in [0.2, 0.25) is 0 Å². The fraction of sp³-hybridized carbons (Fsp3) is 0.667. The van der Waals surface area contributed by atoms with Crippen molar-refractivity contribution in [1.82, 2.24) is 0 Å². The highest BCUT2D eigenvalue weighted by Gasteiger charge is 2.35. The van der Waals surface area contributed by atoms with Gasteiger partial charge in [-0.25, -0.2) is 0 Å². The molecule has 2 unspecified atom stereocenters. The zero-order valence-corrected chi connectivity index (χ0v) is 8.14. The van der Waals surface area contributed by atoms with Gasteiger partial charge in [-0.15, -0.1) is 0 Å². The van der Waals surface area contributed by atoms with Gasteiger partial charge in [0.15, 0.2) is 0 Å². The predicted molar refractivity (Wildman–Crippen MR) is 52.9 cm³/mol. The van der Waals surface area contributed by atoms with Crippen molar-refractivity contribution in [1.29, 1.82) is 0 Å². The molecule has 2 atom stereocenters. The zero-order chi connectivity index (χ0) is 8.72. The summed E-state index contributed by atoms with van der Waals surface area (Å²) in [5.74, 6) is 2.43. The molecule has 0 saturated heterocycles. The highest BCUT2D eigenvalue weighted by molar-refractivity contribution is 5.25. The lowest BCUT2D eigenvalue weighted by molar-refractivity contribution is 0.417. The summed E-state index contributed by atoms with van der Waals surface area (Å²) in [6, 6.07) is 0. The normalized spacial score (nSPS) is 32.8. The van der Waals surface area contributed by atoms with Gasteiger partial charge in [0, 0.05) is 0 Å². The largest absolute Gasteiger partial charge is 0.0993 e. The first-order chi connectivity index (χ1) is 5.68. The van der Waals surface area contributed by atoms with Crippen molar-refractivity contribution in [2.75, 3.05) is 0 Å². The third-order valence-corrected chi connectivity index (χ3v) is 3.50. The molecule has 2 aliphatic carbocycles. The number of rotatable bonds is 2. The maximum absolute atomic E-state index is 4.23. The second-order valence-electron chi connectivity index (χ2n) is 4.60. The van der Waals surface area contributed by atoms with Crippen LogP contribution in [0.1, 0.15) is 33.1 Å². The fourth-order valence-electron chi connectivity index (χ4n) is 2.61. The highest BCUT2D eigenvalue weighted by Crippen LogP contribution is 2.48. The molecule has 0 aromatic heterocycles. The van der Waals surface area contributed by atoms with Gasteiger partial charge in [-0.2, -0.15) is 0 Å². The average Bonchev–Trinajstić information content (AvgIpc) is 2.62. The van der Waals surface area contributed by atoms with E-state index in [4.69, 9.17) is 0 Å². The van der Waals surface area contributed by atoms with Gasteiger partial charge in [0.25, 0.3) is 0 Å². The van der Waals surface area contributed by atoms with Crippen LogP contribution in [0.15, 0.2) is 23.8 Å². The molecule has 2 rings (SSSR count). The molecule has 0 aliphatic heterocycles. The van der Waals surface area contributed by atoms with Crippen LogP contribution in [0.5, 0.6) is 0 Å². The first-order valence-electron chi connectivity index (χ1n) is 5.05. The lowest BCUT2D eigenvalue weighted by Gasteiger charge is -2.23. The molecular weight excluding hydrogens is 144 g/mol. The van der Waals surface area contributed by atoms with Crippen LogP contribution in [-0.2, 0) is 0 Å². The van der Waals surface area contributed by atoms with Crippen LogP contribution >= 0.6 is 0 Å². The van der Waals surface area contributed by atoms with E-state index in [1.165, 1.54) is 24.8 Å². The third kappa shape index (κ3) is 1.14. The van der Waals surface area contributed by atoms with Crippen LogP contribution in [0, 0.1) is 17.8 Å². The van der Waals surface area contributed by atoms with Gasteiger partial charge in [-0.3, -0.25) is 0 Å². The molecule has 0 spiro atoms. The molecule has 0 heterocycles. The first-order valence-corrected chi connectivity index (χ1v) is 5.05. The molecular formula is C12H18. The van der Waals surface area contributed by atoms with Gasteiger partial charge in [-0.05, 0) is 37.0 Å². The first kappa shape index (κ1) is 8.10. The molecule has 0 nitrogen and oxygen atoms in total. The molecule has 2 aliphatic rings. The quantitative estimate of drug-likeness (QED) is 0.545. The molecule has 0 amide bonds. The summed E-state index contributed by atoms with van der Waals surface area (Å²) < 4.78 is 0. The monoisotopic (exact) mass is 162 g/mol. The fourth-order valence-corrected chi connectivity index (χ4v) is 2.61.